The van der Waals surface area contributed by atoms with Gasteiger partial charge in [-0.25, -0.2) is 0 Å². The first-order valence-electron chi connectivity index (χ1n) is 9.76. The van der Waals surface area contributed by atoms with Crippen molar-refractivity contribution in [1.82, 2.24) is 14.8 Å². The number of hydrogen-bond acceptors (Lipinski definition) is 4. The molecule has 25 heavy (non-hydrogen) atoms. The maximum atomic E-state index is 12.8. The summed E-state index contributed by atoms with van der Waals surface area (Å²) in [5.41, 5.74) is 1.54. The van der Waals surface area contributed by atoms with Crippen LogP contribution in [0.25, 0.3) is 0 Å². The quantitative estimate of drug-likeness (QED) is 0.828. The van der Waals surface area contributed by atoms with Crippen molar-refractivity contribution in [2.24, 2.45) is 0 Å². The summed E-state index contributed by atoms with van der Waals surface area (Å²) in [4.78, 5) is 21.7. The number of rotatable bonds is 2. The first-order chi connectivity index (χ1) is 12.2. The SMILES string of the molecule is Cc1ncccc1C(=O)N1CCC2(CC1)CC(N1CCCC1)CCO2. The van der Waals surface area contributed by atoms with E-state index in [0.29, 0.717) is 6.04 Å². The molecule has 3 aliphatic heterocycles. The lowest BCUT2D eigenvalue weighted by molar-refractivity contribution is -0.128. The topological polar surface area (TPSA) is 45.7 Å². The van der Waals surface area contributed by atoms with Gasteiger partial charge in [-0.3, -0.25) is 9.78 Å². The van der Waals surface area contributed by atoms with Crippen LogP contribution in [0.5, 0.6) is 0 Å². The van der Waals surface area contributed by atoms with Crippen molar-refractivity contribution in [2.45, 2.75) is 57.1 Å². The smallest absolute Gasteiger partial charge is 0.255 e. The third kappa shape index (κ3) is 3.44. The highest BCUT2D eigenvalue weighted by molar-refractivity contribution is 5.95. The minimum atomic E-state index is -0.00767. The Kier molecular flexibility index (Phi) is 4.78. The molecule has 0 bridgehead atoms. The summed E-state index contributed by atoms with van der Waals surface area (Å²) >= 11 is 0. The Balaban J connectivity index is 1.39. The number of piperidine rings is 1. The number of ether oxygens (including phenoxy) is 1. The Morgan fingerprint density at radius 1 is 1.24 bits per heavy atom. The normalized spacial score (nSPS) is 26.9. The van der Waals surface area contributed by atoms with Crippen LogP contribution in [0.3, 0.4) is 0 Å². The summed E-state index contributed by atoms with van der Waals surface area (Å²) in [5, 5.41) is 0. The Morgan fingerprint density at radius 3 is 2.72 bits per heavy atom. The number of likely N-dealkylation sites (tertiary alicyclic amines) is 2. The van der Waals surface area contributed by atoms with Crippen molar-refractivity contribution >= 4 is 5.91 Å². The number of hydrogen-bond donors (Lipinski definition) is 0. The van der Waals surface area contributed by atoms with Crippen LogP contribution in [0.15, 0.2) is 18.3 Å². The van der Waals surface area contributed by atoms with Crippen LogP contribution in [0.1, 0.15) is 54.6 Å². The van der Waals surface area contributed by atoms with Crippen LogP contribution in [-0.2, 0) is 4.74 Å². The zero-order valence-corrected chi connectivity index (χ0v) is 15.2. The van der Waals surface area contributed by atoms with E-state index in [0.717, 1.165) is 50.2 Å². The molecule has 5 heteroatoms. The average Bonchev–Trinajstić information content (AvgIpc) is 3.17. The molecule has 3 saturated heterocycles. The maximum Gasteiger partial charge on any atom is 0.255 e. The van der Waals surface area contributed by atoms with Crippen LogP contribution in [0.4, 0.5) is 0 Å². The first kappa shape index (κ1) is 17.0. The summed E-state index contributed by atoms with van der Waals surface area (Å²) in [5.74, 6) is 0.118. The first-order valence-corrected chi connectivity index (χ1v) is 9.76. The van der Waals surface area contributed by atoms with E-state index < -0.39 is 0 Å². The van der Waals surface area contributed by atoms with Crippen LogP contribution in [0.2, 0.25) is 0 Å². The fourth-order valence-electron chi connectivity index (χ4n) is 4.77. The van der Waals surface area contributed by atoms with Crippen molar-refractivity contribution in [2.75, 3.05) is 32.8 Å². The van der Waals surface area contributed by atoms with Crippen molar-refractivity contribution in [3.8, 4) is 0 Å². The standard InChI is InChI=1S/C20H29N3O2/c1-16-18(5-4-9-21-16)19(24)23-12-7-20(8-13-23)15-17(6-14-25-20)22-10-2-3-11-22/h4-5,9,17H,2-3,6-8,10-15H2,1H3. The van der Waals surface area contributed by atoms with E-state index in [9.17, 15) is 4.79 Å². The summed E-state index contributed by atoms with van der Waals surface area (Å²) in [6.07, 6.45) is 8.66. The number of aryl methyl sites for hydroxylation is 1. The predicted octanol–water partition coefficient (Wildman–Crippen LogP) is 2.64. The van der Waals surface area contributed by atoms with E-state index in [-0.39, 0.29) is 11.5 Å². The number of pyridine rings is 1. The van der Waals surface area contributed by atoms with Gasteiger partial charge in [0, 0.05) is 37.6 Å². The molecule has 0 aromatic carbocycles. The maximum absolute atomic E-state index is 12.8. The van der Waals surface area contributed by atoms with Gasteiger partial charge in [0.1, 0.15) is 0 Å². The number of aromatic nitrogens is 1. The molecule has 1 spiro atoms. The lowest BCUT2D eigenvalue weighted by Crippen LogP contribution is -2.54. The van der Waals surface area contributed by atoms with Gasteiger partial charge in [0.15, 0.2) is 0 Å². The zero-order valence-electron chi connectivity index (χ0n) is 15.2. The number of carbonyl (C=O) groups is 1. The lowest BCUT2D eigenvalue weighted by atomic mass is 9.81. The van der Waals surface area contributed by atoms with E-state index in [1.54, 1.807) is 6.20 Å². The molecule has 3 fully saturated rings. The number of carbonyl (C=O) groups excluding carboxylic acids is 1. The second-order valence-corrected chi connectivity index (χ2v) is 7.85. The summed E-state index contributed by atoms with van der Waals surface area (Å²) in [6.45, 7) is 6.87. The van der Waals surface area contributed by atoms with Gasteiger partial charge in [-0.05, 0) is 70.7 Å². The van der Waals surface area contributed by atoms with Crippen molar-refractivity contribution in [3.05, 3.63) is 29.6 Å². The fourth-order valence-corrected chi connectivity index (χ4v) is 4.77. The van der Waals surface area contributed by atoms with E-state index in [4.69, 9.17) is 4.74 Å². The largest absolute Gasteiger partial charge is 0.375 e. The Labute approximate surface area is 150 Å². The molecule has 4 heterocycles. The van der Waals surface area contributed by atoms with E-state index in [1.165, 1.54) is 32.4 Å². The van der Waals surface area contributed by atoms with Gasteiger partial charge in [-0.2, -0.15) is 0 Å². The summed E-state index contributed by atoms with van der Waals surface area (Å²) in [6, 6.07) is 4.41. The molecule has 0 N–H and O–H groups in total. The molecule has 5 nitrogen and oxygen atoms in total. The zero-order chi connectivity index (χ0) is 17.3. The van der Waals surface area contributed by atoms with Crippen LogP contribution < -0.4 is 0 Å². The van der Waals surface area contributed by atoms with E-state index >= 15 is 0 Å². The molecule has 136 valence electrons. The number of nitrogens with zero attached hydrogens (tertiary/aromatic N) is 3. The van der Waals surface area contributed by atoms with Crippen molar-refractivity contribution in [1.29, 1.82) is 0 Å². The Hall–Kier alpha value is -1.46. The van der Waals surface area contributed by atoms with Gasteiger partial charge in [-0.1, -0.05) is 0 Å². The van der Waals surface area contributed by atoms with Crippen LogP contribution in [0, 0.1) is 6.92 Å². The Bertz CT molecular complexity index is 619. The molecule has 4 rings (SSSR count). The predicted molar refractivity (Wildman–Crippen MR) is 96.6 cm³/mol. The molecule has 1 aromatic heterocycles. The third-order valence-electron chi connectivity index (χ3n) is 6.32. The van der Waals surface area contributed by atoms with Crippen molar-refractivity contribution in [3.63, 3.8) is 0 Å². The second kappa shape index (κ2) is 7.04. The molecule has 3 aliphatic rings. The van der Waals surface area contributed by atoms with Gasteiger partial charge >= 0.3 is 0 Å². The highest BCUT2D eigenvalue weighted by atomic mass is 16.5. The molecule has 1 amide bonds. The van der Waals surface area contributed by atoms with Crippen LogP contribution in [-0.4, -0.2) is 65.1 Å². The molecule has 1 atom stereocenters. The van der Waals surface area contributed by atoms with Gasteiger partial charge in [0.2, 0.25) is 0 Å². The number of amides is 1. The average molecular weight is 343 g/mol. The minimum absolute atomic E-state index is 0.00767. The lowest BCUT2D eigenvalue weighted by Gasteiger charge is -2.48. The minimum Gasteiger partial charge on any atom is -0.375 e. The van der Waals surface area contributed by atoms with Crippen molar-refractivity contribution < 1.29 is 9.53 Å². The van der Waals surface area contributed by atoms with Gasteiger partial charge in [0.25, 0.3) is 5.91 Å². The van der Waals surface area contributed by atoms with Gasteiger partial charge < -0.3 is 14.5 Å². The molecule has 0 aliphatic carbocycles. The molecule has 1 aromatic rings. The van der Waals surface area contributed by atoms with Gasteiger partial charge in [-0.15, -0.1) is 0 Å². The molecule has 1 unspecified atom stereocenters. The second-order valence-electron chi connectivity index (χ2n) is 7.85. The molecular weight excluding hydrogens is 314 g/mol. The van der Waals surface area contributed by atoms with E-state index in [2.05, 4.69) is 9.88 Å². The fraction of sp³-hybridized carbons (Fsp3) is 0.700. The monoisotopic (exact) mass is 343 g/mol. The summed E-state index contributed by atoms with van der Waals surface area (Å²) < 4.78 is 6.28. The van der Waals surface area contributed by atoms with Crippen LogP contribution >= 0.6 is 0 Å². The summed E-state index contributed by atoms with van der Waals surface area (Å²) in [7, 11) is 0. The highest BCUT2D eigenvalue weighted by Gasteiger charge is 2.43. The third-order valence-corrected chi connectivity index (χ3v) is 6.32. The Morgan fingerprint density at radius 2 is 2.00 bits per heavy atom. The van der Waals surface area contributed by atoms with Gasteiger partial charge in [0.05, 0.1) is 11.2 Å². The van der Waals surface area contributed by atoms with E-state index in [1.807, 2.05) is 24.0 Å². The molecule has 0 saturated carbocycles. The molecule has 0 radical (unpaired) electrons. The molecular formula is C20H29N3O2. The highest BCUT2D eigenvalue weighted by Crippen LogP contribution is 2.37.